The number of aryl methyl sites for hydroxylation is 1. The molecule has 1 saturated carbocycles. The first-order valence-corrected chi connectivity index (χ1v) is 10.2. The molecule has 1 aromatic rings. The van der Waals surface area contributed by atoms with Gasteiger partial charge in [0.25, 0.3) is 0 Å². The van der Waals surface area contributed by atoms with Gasteiger partial charge >= 0.3 is 5.97 Å². The molecule has 0 spiro atoms. The third-order valence-corrected chi connectivity index (χ3v) is 6.62. The summed E-state index contributed by atoms with van der Waals surface area (Å²) in [5.74, 6) is -0.156. The van der Waals surface area contributed by atoms with Crippen molar-refractivity contribution in [1.29, 1.82) is 0 Å². The van der Waals surface area contributed by atoms with Crippen LogP contribution in [0, 0.1) is 11.8 Å². The first-order valence-electron chi connectivity index (χ1n) is 9.78. The van der Waals surface area contributed by atoms with E-state index in [1.165, 1.54) is 12.7 Å². The number of fused-ring (bicyclic) bond motifs is 1. The van der Waals surface area contributed by atoms with E-state index in [9.17, 15) is 15.0 Å². The van der Waals surface area contributed by atoms with Crippen LogP contribution < -0.4 is 0 Å². The fourth-order valence-electron chi connectivity index (χ4n) is 4.87. The second-order valence-corrected chi connectivity index (χ2v) is 8.30. The van der Waals surface area contributed by atoms with E-state index < -0.39 is 6.10 Å². The molecule has 1 aromatic carbocycles. The molecule has 0 amide bonds. The van der Waals surface area contributed by atoms with Gasteiger partial charge in [-0.05, 0) is 61.1 Å². The highest BCUT2D eigenvalue weighted by atomic mass is 35.5. The van der Waals surface area contributed by atoms with E-state index in [-0.39, 0.29) is 35.2 Å². The third-order valence-electron chi connectivity index (χ3n) is 6.16. The Hall–Kier alpha value is -1.36. The molecule has 0 aliphatic heterocycles. The highest BCUT2D eigenvalue weighted by molar-refractivity contribution is 6.21. The number of esters is 1. The molecule has 2 aliphatic carbocycles. The number of allylic oxidation sites excluding steroid dienone is 2. The van der Waals surface area contributed by atoms with E-state index in [0.717, 1.165) is 24.0 Å². The normalized spacial score (nSPS) is 31.2. The van der Waals surface area contributed by atoms with Crippen LogP contribution in [0.15, 0.2) is 30.4 Å². The number of hydrogen-bond donors (Lipinski definition) is 2. The Kier molecular flexibility index (Phi) is 6.61. The molecule has 2 aliphatic rings. The van der Waals surface area contributed by atoms with Crippen LogP contribution in [0.3, 0.4) is 0 Å². The van der Waals surface area contributed by atoms with E-state index in [2.05, 4.69) is 12.1 Å². The quantitative estimate of drug-likeness (QED) is 0.438. The Labute approximate surface area is 166 Å². The minimum atomic E-state index is -0.507. The number of halogens is 1. The number of alkyl halides is 1. The summed E-state index contributed by atoms with van der Waals surface area (Å²) in [5, 5.41) is 20.7. The van der Waals surface area contributed by atoms with Gasteiger partial charge in [0.05, 0.1) is 19.3 Å². The number of carbonyl (C=O) groups is 1. The van der Waals surface area contributed by atoms with Crippen molar-refractivity contribution in [3.63, 3.8) is 0 Å². The molecule has 0 aromatic heterocycles. The minimum Gasteiger partial charge on any atom is -0.469 e. The summed E-state index contributed by atoms with van der Waals surface area (Å²) >= 11 is 6.69. The van der Waals surface area contributed by atoms with Gasteiger partial charge < -0.3 is 14.9 Å². The lowest BCUT2D eigenvalue weighted by molar-refractivity contribution is -0.140. The molecule has 0 bridgehead atoms. The van der Waals surface area contributed by atoms with E-state index in [4.69, 9.17) is 16.3 Å². The standard InChI is InChI=1S/C22H29ClO4/c1-3-4-13(7-10-20(26)27-2)21-17(23)12-19(25)22(21)15-5-8-16-14(11-15)6-9-18(16)24/h3-5,8,11,13,17-19,21-22,24-25H,6-7,9-10,12H2,1-2H3/b4-3-/t13?,17-,18?,19+,21-,22-/m0/s1. The van der Waals surface area contributed by atoms with Crippen LogP contribution in [0.25, 0.3) is 0 Å². The molecule has 2 unspecified atom stereocenters. The molecule has 0 saturated heterocycles. The van der Waals surface area contributed by atoms with Gasteiger partial charge in [0, 0.05) is 17.7 Å². The zero-order valence-corrected chi connectivity index (χ0v) is 16.7. The van der Waals surface area contributed by atoms with Crippen LogP contribution in [0.5, 0.6) is 0 Å². The average molecular weight is 393 g/mol. The van der Waals surface area contributed by atoms with Gasteiger partial charge in [-0.15, -0.1) is 11.6 Å². The Morgan fingerprint density at radius 2 is 2.19 bits per heavy atom. The van der Waals surface area contributed by atoms with Crippen molar-refractivity contribution in [2.75, 3.05) is 7.11 Å². The van der Waals surface area contributed by atoms with Gasteiger partial charge in [-0.25, -0.2) is 0 Å². The maximum atomic E-state index is 11.6. The van der Waals surface area contributed by atoms with Gasteiger partial charge in [-0.1, -0.05) is 30.4 Å². The first kappa shape index (κ1) is 20.4. The Morgan fingerprint density at radius 1 is 1.41 bits per heavy atom. The molecule has 1 fully saturated rings. The average Bonchev–Trinajstić information content (AvgIpc) is 3.17. The van der Waals surface area contributed by atoms with Crippen molar-refractivity contribution >= 4 is 17.6 Å². The van der Waals surface area contributed by atoms with Gasteiger partial charge in [0.1, 0.15) is 0 Å². The first-order chi connectivity index (χ1) is 13.0. The number of benzene rings is 1. The number of rotatable bonds is 6. The Balaban J connectivity index is 1.88. The molecule has 5 heteroatoms. The van der Waals surface area contributed by atoms with Crippen LogP contribution >= 0.6 is 11.6 Å². The number of hydrogen-bond acceptors (Lipinski definition) is 4. The molecule has 0 radical (unpaired) electrons. The third kappa shape index (κ3) is 4.23. The van der Waals surface area contributed by atoms with E-state index in [0.29, 0.717) is 19.3 Å². The second kappa shape index (κ2) is 8.76. The highest BCUT2D eigenvalue weighted by Crippen LogP contribution is 2.49. The summed E-state index contributed by atoms with van der Waals surface area (Å²) in [6.07, 6.45) is 6.36. The lowest BCUT2D eigenvalue weighted by Gasteiger charge is -2.30. The fourth-order valence-corrected chi connectivity index (χ4v) is 5.39. The molecule has 4 nitrogen and oxygen atoms in total. The van der Waals surface area contributed by atoms with E-state index in [1.54, 1.807) is 0 Å². The van der Waals surface area contributed by atoms with E-state index >= 15 is 0 Å². The Bertz CT molecular complexity index is 702. The number of aliphatic hydroxyl groups excluding tert-OH is 2. The zero-order valence-electron chi connectivity index (χ0n) is 16.0. The molecule has 148 valence electrons. The number of ether oxygens (including phenoxy) is 1. The zero-order chi connectivity index (χ0) is 19.6. The number of methoxy groups -OCH3 is 1. The monoisotopic (exact) mass is 392 g/mol. The van der Waals surface area contributed by atoms with Crippen LogP contribution in [0.4, 0.5) is 0 Å². The topological polar surface area (TPSA) is 66.8 Å². The van der Waals surface area contributed by atoms with Gasteiger partial charge in [-0.2, -0.15) is 0 Å². The largest absolute Gasteiger partial charge is 0.469 e. The maximum Gasteiger partial charge on any atom is 0.305 e. The summed E-state index contributed by atoms with van der Waals surface area (Å²) in [6.45, 7) is 1.96. The molecular weight excluding hydrogens is 364 g/mol. The summed E-state index contributed by atoms with van der Waals surface area (Å²) in [7, 11) is 1.40. The van der Waals surface area contributed by atoms with Crippen molar-refractivity contribution in [2.45, 2.75) is 62.5 Å². The smallest absolute Gasteiger partial charge is 0.305 e. The van der Waals surface area contributed by atoms with Crippen LogP contribution in [-0.2, 0) is 16.0 Å². The van der Waals surface area contributed by atoms with Crippen LogP contribution in [0.1, 0.15) is 61.3 Å². The summed E-state index contributed by atoms with van der Waals surface area (Å²) in [6, 6.07) is 6.15. The molecule has 2 N–H and O–H groups in total. The predicted molar refractivity (Wildman–Crippen MR) is 106 cm³/mol. The molecule has 0 heterocycles. The van der Waals surface area contributed by atoms with Crippen molar-refractivity contribution in [1.82, 2.24) is 0 Å². The molecule has 27 heavy (non-hydrogen) atoms. The predicted octanol–water partition coefficient (Wildman–Crippen LogP) is 3.88. The second-order valence-electron chi connectivity index (χ2n) is 7.74. The van der Waals surface area contributed by atoms with Crippen molar-refractivity contribution < 1.29 is 19.7 Å². The lowest BCUT2D eigenvalue weighted by Crippen LogP contribution is -2.26. The van der Waals surface area contributed by atoms with Crippen LogP contribution in [0.2, 0.25) is 0 Å². The van der Waals surface area contributed by atoms with Gasteiger partial charge in [0.15, 0.2) is 0 Å². The van der Waals surface area contributed by atoms with Gasteiger partial charge in [0.2, 0.25) is 0 Å². The molecular formula is C22H29ClO4. The van der Waals surface area contributed by atoms with Crippen molar-refractivity contribution in [3.8, 4) is 0 Å². The fraction of sp³-hybridized carbons (Fsp3) is 0.591. The summed E-state index contributed by atoms with van der Waals surface area (Å²) in [5.41, 5.74) is 3.25. The Morgan fingerprint density at radius 3 is 2.89 bits per heavy atom. The molecule has 6 atom stereocenters. The number of aliphatic hydroxyl groups is 2. The van der Waals surface area contributed by atoms with Gasteiger partial charge in [-0.3, -0.25) is 4.79 Å². The van der Waals surface area contributed by atoms with Crippen molar-refractivity contribution in [2.24, 2.45) is 11.8 Å². The summed E-state index contributed by atoms with van der Waals surface area (Å²) in [4.78, 5) is 11.6. The molecule has 3 rings (SSSR count). The minimum absolute atomic E-state index is 0.0481. The van der Waals surface area contributed by atoms with E-state index in [1.807, 2.05) is 25.1 Å². The number of carbonyl (C=O) groups excluding carboxylic acids is 1. The SMILES string of the molecule is C/C=C\C(CCC(=O)OC)[C@@H]1[C@@H](c2ccc3c(c2)CCC3O)[C@H](O)C[C@@H]1Cl. The van der Waals surface area contributed by atoms with Crippen LogP contribution in [-0.4, -0.2) is 34.8 Å². The summed E-state index contributed by atoms with van der Waals surface area (Å²) < 4.78 is 4.79. The maximum absolute atomic E-state index is 11.6. The highest BCUT2D eigenvalue weighted by Gasteiger charge is 2.45. The lowest BCUT2D eigenvalue weighted by atomic mass is 9.76. The van der Waals surface area contributed by atoms with Crippen molar-refractivity contribution in [3.05, 3.63) is 47.0 Å².